The number of carbonyl (C=O) groups is 1. The van der Waals surface area contributed by atoms with Gasteiger partial charge in [-0.3, -0.25) is 9.69 Å². The first kappa shape index (κ1) is 20.4. The van der Waals surface area contributed by atoms with Crippen LogP contribution in [0.4, 0.5) is 5.69 Å². The molecule has 2 aromatic rings. The lowest BCUT2D eigenvalue weighted by atomic mass is 10.1. The fraction of sp³-hybridized carbons (Fsp3) is 0.435. The van der Waals surface area contributed by atoms with Gasteiger partial charge in [0.2, 0.25) is 0 Å². The smallest absolute Gasteiger partial charge is 0.159 e. The second-order valence-corrected chi connectivity index (χ2v) is 7.60. The highest BCUT2D eigenvalue weighted by Gasteiger charge is 2.20. The molecule has 2 aromatic carbocycles. The van der Waals surface area contributed by atoms with Crippen molar-refractivity contribution in [2.45, 2.75) is 26.9 Å². The molecule has 0 spiro atoms. The van der Waals surface area contributed by atoms with Gasteiger partial charge in [-0.15, -0.1) is 0 Å². The summed E-state index contributed by atoms with van der Waals surface area (Å²) in [4.78, 5) is 16.0. The molecule has 1 heterocycles. The molecule has 1 unspecified atom stereocenters. The number of aryl methyl sites for hydroxylation is 2. The third-order valence-corrected chi connectivity index (χ3v) is 5.40. The molecule has 1 fully saturated rings. The number of ketones is 1. The minimum atomic E-state index is -0.541. The summed E-state index contributed by atoms with van der Waals surface area (Å²) in [5.41, 5.74) is 4.58. The molecular weight excluding hydrogens is 352 g/mol. The Hall–Kier alpha value is -2.37. The molecule has 0 aliphatic carbocycles. The van der Waals surface area contributed by atoms with Crippen LogP contribution in [-0.4, -0.2) is 61.2 Å². The standard InChI is InChI=1S/C23H30N2O3/c1-17-4-7-21(14-18(17)2)25-12-10-24(11-13-25)15-22(27)16-28-23-8-5-20(6-9-23)19(3)26/h4-9,14,22,27H,10-13,15-16H2,1-3H3. The second kappa shape index (κ2) is 9.22. The van der Waals surface area contributed by atoms with Gasteiger partial charge < -0.3 is 14.7 Å². The highest BCUT2D eigenvalue weighted by molar-refractivity contribution is 5.94. The van der Waals surface area contributed by atoms with E-state index in [9.17, 15) is 9.90 Å². The Kier molecular flexibility index (Phi) is 6.70. The molecule has 1 aliphatic heterocycles. The number of benzene rings is 2. The predicted molar refractivity (Wildman–Crippen MR) is 113 cm³/mol. The Morgan fingerprint density at radius 3 is 2.32 bits per heavy atom. The number of aliphatic hydroxyl groups is 1. The van der Waals surface area contributed by atoms with Crippen molar-refractivity contribution in [3.8, 4) is 5.75 Å². The van der Waals surface area contributed by atoms with E-state index in [1.54, 1.807) is 31.2 Å². The van der Waals surface area contributed by atoms with Gasteiger partial charge in [0.25, 0.3) is 0 Å². The molecule has 0 amide bonds. The Bertz CT molecular complexity index is 796. The first-order valence-electron chi connectivity index (χ1n) is 9.89. The summed E-state index contributed by atoms with van der Waals surface area (Å²) in [6.07, 6.45) is -0.541. The van der Waals surface area contributed by atoms with Gasteiger partial charge in [0.15, 0.2) is 5.78 Å². The number of β-amino-alcohol motifs (C(OH)–C–C–N with tert-alkyl or cyclic N) is 1. The van der Waals surface area contributed by atoms with E-state index in [0.717, 1.165) is 26.2 Å². The first-order valence-corrected chi connectivity index (χ1v) is 9.89. The van der Waals surface area contributed by atoms with Crippen molar-refractivity contribution >= 4 is 11.5 Å². The van der Waals surface area contributed by atoms with Crippen molar-refractivity contribution in [3.05, 3.63) is 59.2 Å². The second-order valence-electron chi connectivity index (χ2n) is 7.60. The number of anilines is 1. The largest absolute Gasteiger partial charge is 0.491 e. The molecule has 0 radical (unpaired) electrons. The summed E-state index contributed by atoms with van der Waals surface area (Å²) >= 11 is 0. The number of piperazine rings is 1. The summed E-state index contributed by atoms with van der Waals surface area (Å²) in [7, 11) is 0. The van der Waals surface area contributed by atoms with E-state index in [1.807, 2.05) is 0 Å². The highest BCUT2D eigenvalue weighted by atomic mass is 16.5. The highest BCUT2D eigenvalue weighted by Crippen LogP contribution is 2.20. The summed E-state index contributed by atoms with van der Waals surface area (Å²) in [5, 5.41) is 10.3. The lowest BCUT2D eigenvalue weighted by molar-refractivity contribution is 0.0663. The molecule has 0 aromatic heterocycles. The molecule has 1 aliphatic rings. The quantitative estimate of drug-likeness (QED) is 0.746. The fourth-order valence-corrected chi connectivity index (χ4v) is 3.44. The maximum Gasteiger partial charge on any atom is 0.159 e. The van der Waals surface area contributed by atoms with Gasteiger partial charge in [0.05, 0.1) is 0 Å². The van der Waals surface area contributed by atoms with Crippen LogP contribution in [-0.2, 0) is 0 Å². The van der Waals surface area contributed by atoms with Gasteiger partial charge in [0, 0.05) is 44.0 Å². The van der Waals surface area contributed by atoms with E-state index in [-0.39, 0.29) is 12.4 Å². The molecule has 0 bridgehead atoms. The summed E-state index contributed by atoms with van der Waals surface area (Å²) in [6.45, 7) is 10.5. The molecule has 0 saturated carbocycles. The zero-order valence-electron chi connectivity index (χ0n) is 17.0. The number of Topliss-reactive ketones (excluding diaryl/α,β-unsaturated/α-hetero) is 1. The molecule has 3 rings (SSSR count). The van der Waals surface area contributed by atoms with E-state index < -0.39 is 6.10 Å². The van der Waals surface area contributed by atoms with Gasteiger partial charge in [-0.2, -0.15) is 0 Å². The molecule has 150 valence electrons. The van der Waals surface area contributed by atoms with Crippen molar-refractivity contribution in [2.75, 3.05) is 44.2 Å². The fourth-order valence-electron chi connectivity index (χ4n) is 3.44. The number of rotatable bonds is 7. The van der Waals surface area contributed by atoms with E-state index >= 15 is 0 Å². The van der Waals surface area contributed by atoms with Gasteiger partial charge in [-0.25, -0.2) is 0 Å². The number of carbonyl (C=O) groups excluding carboxylic acids is 1. The minimum Gasteiger partial charge on any atom is -0.491 e. The number of hydrogen-bond donors (Lipinski definition) is 1. The van der Waals surface area contributed by atoms with Gasteiger partial charge in [-0.1, -0.05) is 6.07 Å². The zero-order chi connectivity index (χ0) is 20.1. The average Bonchev–Trinajstić information content (AvgIpc) is 2.69. The summed E-state index contributed by atoms with van der Waals surface area (Å²) in [6, 6.07) is 13.7. The van der Waals surface area contributed by atoms with Crippen LogP contribution in [0.15, 0.2) is 42.5 Å². The van der Waals surface area contributed by atoms with Crippen LogP contribution in [0.1, 0.15) is 28.4 Å². The Labute approximate surface area is 167 Å². The molecule has 1 N–H and O–H groups in total. The van der Waals surface area contributed by atoms with Gasteiger partial charge in [-0.05, 0) is 68.3 Å². The SMILES string of the molecule is CC(=O)c1ccc(OCC(O)CN2CCN(c3ccc(C)c(C)c3)CC2)cc1. The van der Waals surface area contributed by atoms with Crippen molar-refractivity contribution in [2.24, 2.45) is 0 Å². The molecular formula is C23H30N2O3. The maximum atomic E-state index is 11.3. The van der Waals surface area contributed by atoms with E-state index in [4.69, 9.17) is 4.74 Å². The lowest BCUT2D eigenvalue weighted by Crippen LogP contribution is -2.49. The van der Waals surface area contributed by atoms with Gasteiger partial charge in [0.1, 0.15) is 18.5 Å². The number of ether oxygens (including phenoxy) is 1. The van der Waals surface area contributed by atoms with Crippen LogP contribution in [0.2, 0.25) is 0 Å². The molecule has 1 saturated heterocycles. The Morgan fingerprint density at radius 1 is 1.04 bits per heavy atom. The molecule has 28 heavy (non-hydrogen) atoms. The van der Waals surface area contributed by atoms with Crippen LogP contribution in [0.3, 0.4) is 0 Å². The topological polar surface area (TPSA) is 53.0 Å². The Morgan fingerprint density at radius 2 is 1.71 bits per heavy atom. The number of aliphatic hydroxyl groups excluding tert-OH is 1. The minimum absolute atomic E-state index is 0.0338. The first-order chi connectivity index (χ1) is 13.4. The van der Waals surface area contributed by atoms with E-state index in [2.05, 4.69) is 41.8 Å². The van der Waals surface area contributed by atoms with Crippen LogP contribution in [0.25, 0.3) is 0 Å². The zero-order valence-corrected chi connectivity index (χ0v) is 17.0. The number of nitrogens with zero attached hydrogens (tertiary/aromatic N) is 2. The van der Waals surface area contributed by atoms with E-state index in [1.165, 1.54) is 16.8 Å². The third kappa shape index (κ3) is 5.33. The average molecular weight is 383 g/mol. The van der Waals surface area contributed by atoms with Crippen LogP contribution >= 0.6 is 0 Å². The molecule has 5 nitrogen and oxygen atoms in total. The van der Waals surface area contributed by atoms with Crippen molar-refractivity contribution in [1.29, 1.82) is 0 Å². The monoisotopic (exact) mass is 382 g/mol. The molecule has 5 heteroatoms. The van der Waals surface area contributed by atoms with Crippen LogP contribution < -0.4 is 9.64 Å². The predicted octanol–water partition coefficient (Wildman–Crippen LogP) is 3.07. The maximum absolute atomic E-state index is 11.3. The Balaban J connectivity index is 1.42. The lowest BCUT2D eigenvalue weighted by Gasteiger charge is -2.37. The summed E-state index contributed by atoms with van der Waals surface area (Å²) in [5.74, 6) is 0.704. The van der Waals surface area contributed by atoms with Crippen molar-refractivity contribution in [1.82, 2.24) is 4.90 Å². The van der Waals surface area contributed by atoms with Crippen molar-refractivity contribution in [3.63, 3.8) is 0 Å². The van der Waals surface area contributed by atoms with E-state index in [0.29, 0.717) is 17.9 Å². The molecule has 1 atom stereocenters. The van der Waals surface area contributed by atoms with Gasteiger partial charge >= 0.3 is 0 Å². The van der Waals surface area contributed by atoms with Crippen LogP contribution in [0, 0.1) is 13.8 Å². The third-order valence-electron chi connectivity index (χ3n) is 5.40. The normalized spacial score (nSPS) is 16.1. The summed E-state index contributed by atoms with van der Waals surface area (Å²) < 4.78 is 5.66. The number of hydrogen-bond acceptors (Lipinski definition) is 5. The van der Waals surface area contributed by atoms with Crippen molar-refractivity contribution < 1.29 is 14.6 Å². The van der Waals surface area contributed by atoms with Crippen LogP contribution in [0.5, 0.6) is 5.75 Å².